The Morgan fingerprint density at radius 1 is 0.400 bits per heavy atom. The molecule has 2 aliphatic heterocycles. The zero-order valence-electron chi connectivity index (χ0n) is 53.1. The zero-order valence-corrected chi connectivity index (χ0v) is 53.1. The second-order valence-electron chi connectivity index (χ2n) is 33.0. The summed E-state index contributed by atoms with van der Waals surface area (Å²) in [6.07, 6.45) is 9.35. The van der Waals surface area contributed by atoms with Crippen molar-refractivity contribution in [2.24, 2.45) is 0 Å². The molecule has 1 aromatic heterocycles. The molecule has 4 aliphatic carbocycles. The lowest BCUT2D eigenvalue weighted by Gasteiger charge is -2.47. The number of benzene rings is 6. The van der Waals surface area contributed by atoms with Crippen LogP contribution < -0.4 is 26.2 Å². The van der Waals surface area contributed by atoms with Gasteiger partial charge in [-0.05, 0) is 252 Å². The zero-order chi connectivity index (χ0) is 57.4. The third-order valence-corrected chi connectivity index (χ3v) is 22.5. The van der Waals surface area contributed by atoms with Gasteiger partial charge in [-0.25, -0.2) is 0 Å². The van der Waals surface area contributed by atoms with Gasteiger partial charge in [-0.1, -0.05) is 156 Å². The Hall–Kier alpha value is -5.48. The standard InChI is InChI=1S/C76H93BN2O/c1-44-34-62-66-63(35-44)79(60-25-22-46(68(3,4)5)37-49(60)48-39-54-52(36-45(48)2)70(8,9)28-29-72(54,12)13)67-65(50-40-55-58(43-64(50)80-67)76(20,21)33-30-73(55,14)15)77(66)59-41-56-57(75(18,19)32-31-74(56,16)17)42-61(59)78(62)47-23-24-51-53(38-47)71(10,11)27-26-69(51,6)7/h22-25,34-43H,26-33H2,1-21H3. The predicted molar refractivity (Wildman–Crippen MR) is 345 cm³/mol. The molecular formula is C76H93BN2O. The summed E-state index contributed by atoms with van der Waals surface area (Å²) in [4.78, 5) is 5.35. The average molecular weight is 1060 g/mol. The maximum absolute atomic E-state index is 7.88. The monoisotopic (exact) mass is 1060 g/mol. The molecule has 0 radical (unpaired) electrons. The molecule has 80 heavy (non-hydrogen) atoms. The molecule has 416 valence electrons. The van der Waals surface area contributed by atoms with Gasteiger partial charge in [0.2, 0.25) is 5.88 Å². The molecule has 0 unspecified atom stereocenters. The van der Waals surface area contributed by atoms with E-state index in [1.165, 1.54) is 148 Å². The van der Waals surface area contributed by atoms with Gasteiger partial charge in [0, 0.05) is 39.2 Å². The lowest BCUT2D eigenvalue weighted by Crippen LogP contribution is -2.61. The van der Waals surface area contributed by atoms with Crippen LogP contribution in [0.1, 0.15) is 244 Å². The van der Waals surface area contributed by atoms with Crippen molar-refractivity contribution in [2.75, 3.05) is 9.80 Å². The second-order valence-corrected chi connectivity index (χ2v) is 33.0. The number of furan rings is 1. The molecule has 0 spiro atoms. The fourth-order valence-electron chi connectivity index (χ4n) is 16.4. The molecule has 3 heterocycles. The van der Waals surface area contributed by atoms with Gasteiger partial charge < -0.3 is 9.32 Å². The van der Waals surface area contributed by atoms with Crippen LogP contribution in [0.2, 0.25) is 0 Å². The molecule has 13 rings (SSSR count). The van der Waals surface area contributed by atoms with E-state index in [-0.39, 0.29) is 55.4 Å². The van der Waals surface area contributed by atoms with E-state index in [1.807, 2.05) is 0 Å². The molecule has 6 aromatic carbocycles. The lowest BCUT2D eigenvalue weighted by atomic mass is 9.33. The maximum atomic E-state index is 7.88. The van der Waals surface area contributed by atoms with Crippen LogP contribution in [0.15, 0.2) is 89.3 Å². The highest BCUT2D eigenvalue weighted by Crippen LogP contribution is 2.57. The minimum atomic E-state index is -0.0814. The fraction of sp³-hybridized carbons (Fsp3) is 0.500. The minimum absolute atomic E-state index is 0.0133. The summed E-state index contributed by atoms with van der Waals surface area (Å²) < 4.78 is 7.88. The quantitative estimate of drug-likeness (QED) is 0.164. The van der Waals surface area contributed by atoms with Crippen molar-refractivity contribution in [1.82, 2.24) is 0 Å². The third-order valence-electron chi connectivity index (χ3n) is 22.5. The number of nitrogens with zero attached hydrogens (tertiary/aromatic N) is 2. The van der Waals surface area contributed by atoms with Crippen LogP contribution in [-0.4, -0.2) is 6.71 Å². The number of aryl methyl sites for hydroxylation is 2. The summed E-state index contributed by atoms with van der Waals surface area (Å²) in [6, 6.07) is 35.8. The molecule has 0 N–H and O–H groups in total. The first-order valence-electron chi connectivity index (χ1n) is 31.0. The van der Waals surface area contributed by atoms with Crippen molar-refractivity contribution in [1.29, 1.82) is 0 Å². The molecule has 3 nitrogen and oxygen atoms in total. The van der Waals surface area contributed by atoms with Crippen LogP contribution in [0.3, 0.4) is 0 Å². The molecule has 0 fully saturated rings. The first kappa shape index (κ1) is 53.8. The molecule has 7 aromatic rings. The summed E-state index contributed by atoms with van der Waals surface area (Å²) in [5, 5.41) is 1.26. The molecule has 0 amide bonds. The number of hydrogen-bond acceptors (Lipinski definition) is 3. The van der Waals surface area contributed by atoms with Crippen LogP contribution in [0.25, 0.3) is 22.1 Å². The van der Waals surface area contributed by atoms with Gasteiger partial charge >= 0.3 is 0 Å². The molecule has 4 heteroatoms. The van der Waals surface area contributed by atoms with Crippen molar-refractivity contribution in [3.63, 3.8) is 0 Å². The largest absolute Gasteiger partial charge is 0.440 e. The van der Waals surface area contributed by atoms with E-state index in [0.29, 0.717) is 0 Å². The Morgan fingerprint density at radius 2 is 0.863 bits per heavy atom. The SMILES string of the molecule is Cc1cc2c3c(c1)N(c1ccc(C(C)(C)C)cc1-c1cc4c(cc1C)C(C)(C)CCC4(C)C)c1oc4cc5c(cc4c1B3c1cc3c(cc1N2c1ccc2c(c1)C(C)(C)CCC2(C)C)C(C)(C)CCC3(C)C)C(C)(C)CCC5(C)C. The minimum Gasteiger partial charge on any atom is -0.440 e. The predicted octanol–water partition coefficient (Wildman–Crippen LogP) is 19.5. The Labute approximate surface area is 482 Å². The van der Waals surface area contributed by atoms with E-state index >= 15 is 0 Å². The van der Waals surface area contributed by atoms with Gasteiger partial charge in [-0.3, -0.25) is 4.90 Å². The highest BCUT2D eigenvalue weighted by molar-refractivity contribution is 7.01. The summed E-state index contributed by atoms with van der Waals surface area (Å²) in [5.41, 5.74) is 30.0. The van der Waals surface area contributed by atoms with Crippen LogP contribution in [0, 0.1) is 13.8 Å². The van der Waals surface area contributed by atoms with Crippen molar-refractivity contribution in [2.45, 2.75) is 245 Å². The van der Waals surface area contributed by atoms with Gasteiger partial charge in [0.1, 0.15) is 5.58 Å². The first-order chi connectivity index (χ1) is 37.0. The average Bonchev–Trinajstić information content (AvgIpc) is 3.56. The molecule has 0 saturated heterocycles. The Balaban J connectivity index is 1.18. The summed E-state index contributed by atoms with van der Waals surface area (Å²) in [5.74, 6) is 0.961. The van der Waals surface area contributed by atoms with Gasteiger partial charge in [0.25, 0.3) is 6.71 Å². The van der Waals surface area contributed by atoms with Gasteiger partial charge in [-0.2, -0.15) is 0 Å². The Bertz CT molecular complexity index is 3820. The first-order valence-corrected chi connectivity index (χ1v) is 31.0. The van der Waals surface area contributed by atoms with Gasteiger partial charge in [-0.15, -0.1) is 0 Å². The van der Waals surface area contributed by atoms with Crippen molar-refractivity contribution in [3.8, 4) is 11.1 Å². The lowest BCUT2D eigenvalue weighted by molar-refractivity contribution is 0.332. The number of rotatable bonds is 3. The van der Waals surface area contributed by atoms with Crippen LogP contribution in [0.4, 0.5) is 34.3 Å². The van der Waals surface area contributed by atoms with Crippen molar-refractivity contribution in [3.05, 3.63) is 146 Å². The van der Waals surface area contributed by atoms with E-state index in [9.17, 15) is 0 Å². The van der Waals surface area contributed by atoms with E-state index in [0.717, 1.165) is 37.2 Å². The number of anilines is 6. The highest BCUT2D eigenvalue weighted by Gasteiger charge is 2.51. The molecule has 0 atom stereocenters. The smallest absolute Gasteiger partial charge is 0.257 e. The van der Waals surface area contributed by atoms with E-state index in [4.69, 9.17) is 4.42 Å². The summed E-state index contributed by atoms with van der Waals surface area (Å²) in [6.45, 7) is 51.4. The molecule has 0 saturated carbocycles. The third kappa shape index (κ3) is 7.77. The summed E-state index contributed by atoms with van der Waals surface area (Å²) in [7, 11) is 0. The maximum Gasteiger partial charge on any atom is 0.257 e. The normalized spacial score (nSPS) is 21.6. The number of hydrogen-bond donors (Lipinski definition) is 0. The Kier molecular flexibility index (Phi) is 11.2. The van der Waals surface area contributed by atoms with Crippen LogP contribution in [-0.2, 0) is 48.7 Å². The van der Waals surface area contributed by atoms with Crippen molar-refractivity contribution >= 4 is 68.4 Å². The van der Waals surface area contributed by atoms with Crippen molar-refractivity contribution < 1.29 is 4.42 Å². The fourth-order valence-corrected chi connectivity index (χ4v) is 16.4. The molecule has 6 aliphatic rings. The van der Waals surface area contributed by atoms with Crippen LogP contribution in [0.5, 0.6) is 0 Å². The topological polar surface area (TPSA) is 19.6 Å². The summed E-state index contributed by atoms with van der Waals surface area (Å²) >= 11 is 0. The van der Waals surface area contributed by atoms with E-state index in [1.54, 1.807) is 0 Å². The van der Waals surface area contributed by atoms with E-state index < -0.39 is 0 Å². The number of fused-ring (bicyclic) bond motifs is 10. The van der Waals surface area contributed by atoms with Crippen LogP contribution >= 0.6 is 0 Å². The highest BCUT2D eigenvalue weighted by atomic mass is 16.4. The Morgan fingerprint density at radius 3 is 1.41 bits per heavy atom. The van der Waals surface area contributed by atoms with Gasteiger partial charge in [0.15, 0.2) is 0 Å². The molecular weight excluding hydrogens is 968 g/mol. The van der Waals surface area contributed by atoms with Gasteiger partial charge in [0.05, 0.1) is 5.69 Å². The van der Waals surface area contributed by atoms with E-state index in [2.05, 4.69) is 240 Å². The molecule has 0 bridgehead atoms. The second kappa shape index (κ2) is 16.6.